The molecule has 0 aliphatic carbocycles. The molecule has 0 spiro atoms. The van der Waals surface area contributed by atoms with Gasteiger partial charge in [-0.1, -0.05) is 48.0 Å². The number of carbonyl (C=O) groups is 1. The lowest BCUT2D eigenvalue weighted by Crippen LogP contribution is -2.32. The van der Waals surface area contributed by atoms with Gasteiger partial charge in [0.15, 0.2) is 0 Å². The van der Waals surface area contributed by atoms with Gasteiger partial charge in [-0.3, -0.25) is 9.69 Å². The number of benzene rings is 2. The average molecular weight is 329 g/mol. The lowest BCUT2D eigenvalue weighted by Gasteiger charge is -2.24. The van der Waals surface area contributed by atoms with E-state index in [1.165, 1.54) is 5.56 Å². The summed E-state index contributed by atoms with van der Waals surface area (Å²) in [5.41, 5.74) is 3.05. The number of halogens is 1. The summed E-state index contributed by atoms with van der Waals surface area (Å²) in [6.07, 6.45) is 2.23. The highest BCUT2D eigenvalue weighted by Crippen LogP contribution is 2.31. The SMILES string of the molecule is Cc1ccc(NC(=O)CN2CCC[C@H]2c2ccccc2)cc1Cl. The molecule has 0 bridgehead atoms. The summed E-state index contributed by atoms with van der Waals surface area (Å²) in [4.78, 5) is 14.6. The molecule has 1 amide bonds. The summed E-state index contributed by atoms with van der Waals surface area (Å²) in [5, 5.41) is 3.62. The van der Waals surface area contributed by atoms with Crippen molar-refractivity contribution in [2.24, 2.45) is 0 Å². The number of hydrogen-bond acceptors (Lipinski definition) is 2. The third-order valence-electron chi connectivity index (χ3n) is 4.35. The first-order chi connectivity index (χ1) is 11.1. The number of nitrogens with one attached hydrogen (secondary N) is 1. The summed E-state index contributed by atoms with van der Waals surface area (Å²) in [7, 11) is 0. The number of carbonyl (C=O) groups excluding carboxylic acids is 1. The maximum atomic E-state index is 12.3. The zero-order valence-electron chi connectivity index (χ0n) is 13.3. The first kappa shape index (κ1) is 16.0. The van der Waals surface area contributed by atoms with E-state index in [-0.39, 0.29) is 5.91 Å². The van der Waals surface area contributed by atoms with E-state index in [0.717, 1.165) is 30.6 Å². The lowest BCUT2D eigenvalue weighted by molar-refractivity contribution is -0.117. The van der Waals surface area contributed by atoms with Crippen molar-refractivity contribution in [3.63, 3.8) is 0 Å². The van der Waals surface area contributed by atoms with E-state index < -0.39 is 0 Å². The summed E-state index contributed by atoms with van der Waals surface area (Å²) < 4.78 is 0. The smallest absolute Gasteiger partial charge is 0.238 e. The number of amides is 1. The highest BCUT2D eigenvalue weighted by atomic mass is 35.5. The number of hydrogen-bond donors (Lipinski definition) is 1. The van der Waals surface area contributed by atoms with Crippen LogP contribution >= 0.6 is 11.6 Å². The number of anilines is 1. The van der Waals surface area contributed by atoms with E-state index in [1.807, 2.05) is 25.1 Å². The molecule has 2 aromatic rings. The molecule has 120 valence electrons. The van der Waals surface area contributed by atoms with Crippen LogP contribution in [0.2, 0.25) is 5.02 Å². The van der Waals surface area contributed by atoms with Crippen LogP contribution in [0.25, 0.3) is 0 Å². The van der Waals surface area contributed by atoms with Gasteiger partial charge in [-0.15, -0.1) is 0 Å². The Morgan fingerprint density at radius 3 is 2.78 bits per heavy atom. The van der Waals surface area contributed by atoms with Crippen molar-refractivity contribution in [1.29, 1.82) is 0 Å². The predicted molar refractivity (Wildman–Crippen MR) is 94.8 cm³/mol. The third-order valence-corrected chi connectivity index (χ3v) is 4.76. The minimum Gasteiger partial charge on any atom is -0.325 e. The van der Waals surface area contributed by atoms with E-state index in [4.69, 9.17) is 11.6 Å². The molecule has 0 saturated carbocycles. The maximum absolute atomic E-state index is 12.3. The van der Waals surface area contributed by atoms with Crippen molar-refractivity contribution in [3.05, 3.63) is 64.7 Å². The molecule has 1 aliphatic rings. The topological polar surface area (TPSA) is 32.3 Å². The van der Waals surface area contributed by atoms with Gasteiger partial charge >= 0.3 is 0 Å². The minimum atomic E-state index is 0.00718. The lowest BCUT2D eigenvalue weighted by atomic mass is 10.0. The monoisotopic (exact) mass is 328 g/mol. The van der Waals surface area contributed by atoms with Gasteiger partial charge in [-0.25, -0.2) is 0 Å². The normalized spacial score (nSPS) is 18.1. The molecule has 0 unspecified atom stereocenters. The highest BCUT2D eigenvalue weighted by molar-refractivity contribution is 6.31. The van der Waals surface area contributed by atoms with Crippen molar-refractivity contribution in [1.82, 2.24) is 4.90 Å². The second-order valence-corrected chi connectivity index (χ2v) is 6.46. The molecule has 2 aromatic carbocycles. The van der Waals surface area contributed by atoms with Crippen LogP contribution in [0, 0.1) is 6.92 Å². The van der Waals surface area contributed by atoms with Crippen LogP contribution in [0.3, 0.4) is 0 Å². The van der Waals surface area contributed by atoms with Crippen LogP contribution in [-0.2, 0) is 4.79 Å². The van der Waals surface area contributed by atoms with E-state index in [9.17, 15) is 4.79 Å². The van der Waals surface area contributed by atoms with Gasteiger partial charge < -0.3 is 5.32 Å². The maximum Gasteiger partial charge on any atom is 0.238 e. The molecule has 1 saturated heterocycles. The fraction of sp³-hybridized carbons (Fsp3) is 0.316. The molecule has 3 nitrogen and oxygen atoms in total. The first-order valence-electron chi connectivity index (χ1n) is 7.98. The van der Waals surface area contributed by atoms with Crippen molar-refractivity contribution >= 4 is 23.2 Å². The summed E-state index contributed by atoms with van der Waals surface area (Å²) >= 11 is 6.11. The molecule has 0 radical (unpaired) electrons. The van der Waals surface area contributed by atoms with Crippen LogP contribution in [0.5, 0.6) is 0 Å². The van der Waals surface area contributed by atoms with E-state index in [1.54, 1.807) is 6.07 Å². The fourth-order valence-corrected chi connectivity index (χ4v) is 3.30. The molecular weight excluding hydrogens is 308 g/mol. The highest BCUT2D eigenvalue weighted by Gasteiger charge is 2.27. The molecule has 3 rings (SSSR count). The van der Waals surface area contributed by atoms with Gasteiger partial charge in [-0.2, -0.15) is 0 Å². The molecule has 1 heterocycles. The largest absolute Gasteiger partial charge is 0.325 e. The Hall–Kier alpha value is -1.84. The zero-order chi connectivity index (χ0) is 16.2. The molecule has 1 N–H and O–H groups in total. The summed E-state index contributed by atoms with van der Waals surface area (Å²) in [6, 6.07) is 16.4. The van der Waals surface area contributed by atoms with Gasteiger partial charge in [-0.05, 0) is 49.6 Å². The Kier molecular flexibility index (Phi) is 4.99. The second kappa shape index (κ2) is 7.16. The van der Waals surface area contributed by atoms with Crippen LogP contribution < -0.4 is 5.32 Å². The standard InChI is InChI=1S/C19H21ClN2O/c1-14-9-10-16(12-17(14)20)21-19(23)13-22-11-5-8-18(22)15-6-3-2-4-7-15/h2-4,6-7,9-10,12,18H,5,8,11,13H2,1H3,(H,21,23)/t18-/m0/s1. The second-order valence-electron chi connectivity index (χ2n) is 6.05. The molecule has 4 heteroatoms. The molecule has 1 fully saturated rings. The molecule has 1 atom stereocenters. The van der Waals surface area contributed by atoms with Gasteiger partial charge in [0.05, 0.1) is 6.54 Å². The van der Waals surface area contributed by atoms with Gasteiger partial charge in [0.1, 0.15) is 0 Å². The van der Waals surface area contributed by atoms with Crippen LogP contribution in [-0.4, -0.2) is 23.9 Å². The first-order valence-corrected chi connectivity index (χ1v) is 8.36. The number of rotatable bonds is 4. The van der Waals surface area contributed by atoms with Crippen molar-refractivity contribution in [3.8, 4) is 0 Å². The van der Waals surface area contributed by atoms with Crippen molar-refractivity contribution in [2.75, 3.05) is 18.4 Å². The van der Waals surface area contributed by atoms with Gasteiger partial charge in [0, 0.05) is 16.8 Å². The Morgan fingerprint density at radius 1 is 1.26 bits per heavy atom. The minimum absolute atomic E-state index is 0.00718. The van der Waals surface area contributed by atoms with Gasteiger partial charge in [0.2, 0.25) is 5.91 Å². The predicted octanol–water partition coefficient (Wildman–Crippen LogP) is 4.42. The van der Waals surface area contributed by atoms with E-state index in [0.29, 0.717) is 17.6 Å². The van der Waals surface area contributed by atoms with Crippen LogP contribution in [0.1, 0.15) is 30.0 Å². The quantitative estimate of drug-likeness (QED) is 0.900. The molecule has 1 aliphatic heterocycles. The Morgan fingerprint density at radius 2 is 2.04 bits per heavy atom. The van der Waals surface area contributed by atoms with E-state index in [2.05, 4.69) is 34.5 Å². The number of nitrogens with zero attached hydrogens (tertiary/aromatic N) is 1. The molecule has 23 heavy (non-hydrogen) atoms. The fourth-order valence-electron chi connectivity index (χ4n) is 3.12. The Balaban J connectivity index is 1.64. The Bertz CT molecular complexity index is 687. The third kappa shape index (κ3) is 3.92. The summed E-state index contributed by atoms with van der Waals surface area (Å²) in [5.74, 6) is 0.00718. The number of aryl methyl sites for hydroxylation is 1. The van der Waals surface area contributed by atoms with Crippen LogP contribution in [0.15, 0.2) is 48.5 Å². The number of likely N-dealkylation sites (tertiary alicyclic amines) is 1. The van der Waals surface area contributed by atoms with Crippen molar-refractivity contribution in [2.45, 2.75) is 25.8 Å². The average Bonchev–Trinajstić information content (AvgIpc) is 3.00. The van der Waals surface area contributed by atoms with Crippen LogP contribution in [0.4, 0.5) is 5.69 Å². The van der Waals surface area contributed by atoms with E-state index >= 15 is 0 Å². The molecular formula is C19H21ClN2O. The van der Waals surface area contributed by atoms with Crippen molar-refractivity contribution < 1.29 is 4.79 Å². The summed E-state index contributed by atoms with van der Waals surface area (Å²) in [6.45, 7) is 3.31. The Labute approximate surface area is 142 Å². The molecule has 0 aromatic heterocycles. The zero-order valence-corrected chi connectivity index (χ0v) is 14.0. The van der Waals surface area contributed by atoms with Gasteiger partial charge in [0.25, 0.3) is 0 Å².